The third-order valence-corrected chi connectivity index (χ3v) is 0.862. The summed E-state index contributed by atoms with van der Waals surface area (Å²) in [5, 5.41) is 8.11. The Morgan fingerprint density at radius 2 is 2.00 bits per heavy atom. The Balaban J connectivity index is 2.69. The van der Waals surface area contributed by atoms with Gasteiger partial charge in [-0.05, 0) is 6.42 Å². The van der Waals surface area contributed by atoms with Gasteiger partial charge in [-0.25, -0.2) is 0 Å². The van der Waals surface area contributed by atoms with Gasteiger partial charge in [0.25, 0.3) is 0 Å². The third-order valence-electron chi connectivity index (χ3n) is 0.862. The highest BCUT2D eigenvalue weighted by molar-refractivity contribution is 4.68. The Bertz CT molecular complexity index is 84.8. The molecule has 3 nitrogen and oxygen atoms in total. The number of rotatable bonds is 5. The second-order valence-electron chi connectivity index (χ2n) is 1.76. The van der Waals surface area contributed by atoms with Gasteiger partial charge in [0.1, 0.15) is 0 Å². The van der Waals surface area contributed by atoms with Crippen LogP contribution in [0.2, 0.25) is 0 Å². The molecule has 52 valence electrons. The molecule has 0 radical (unpaired) electrons. The van der Waals surface area contributed by atoms with Gasteiger partial charge in [0.2, 0.25) is 0 Å². The highest BCUT2D eigenvalue weighted by atomic mass is 15.3. The van der Waals surface area contributed by atoms with Crippen LogP contribution in [-0.4, -0.2) is 13.1 Å². The molecule has 0 aliphatic carbocycles. The molecule has 0 saturated carbocycles. The number of nitrogens with one attached hydrogen (secondary N) is 2. The molecule has 0 aromatic rings. The summed E-state index contributed by atoms with van der Waals surface area (Å²) in [7, 11) is 0. The van der Waals surface area contributed by atoms with E-state index in [1.54, 1.807) is 0 Å². The maximum Gasteiger partial charge on any atom is 0.0635 e. The summed E-state index contributed by atoms with van der Waals surface area (Å²) in [5.41, 5.74) is 5.88. The fourth-order valence-corrected chi connectivity index (χ4v) is 0.420. The average Bonchev–Trinajstić information content (AvgIpc) is 1.89. The van der Waals surface area contributed by atoms with Crippen LogP contribution < -0.4 is 10.9 Å². The van der Waals surface area contributed by atoms with Crippen molar-refractivity contribution in [1.29, 1.82) is 5.26 Å². The quantitative estimate of drug-likeness (QED) is 0.415. The molecule has 0 amide bonds. The minimum absolute atomic E-state index is 0.566. The Morgan fingerprint density at radius 1 is 1.33 bits per heavy atom. The molecule has 0 bridgehead atoms. The summed E-state index contributed by atoms with van der Waals surface area (Å²) >= 11 is 0. The minimum atomic E-state index is 0.566. The van der Waals surface area contributed by atoms with Gasteiger partial charge >= 0.3 is 0 Å². The van der Waals surface area contributed by atoms with E-state index in [0.717, 1.165) is 19.5 Å². The van der Waals surface area contributed by atoms with Crippen molar-refractivity contribution in [2.45, 2.75) is 19.8 Å². The van der Waals surface area contributed by atoms with E-state index in [1.807, 2.05) is 6.07 Å². The van der Waals surface area contributed by atoms with Crippen molar-refractivity contribution in [3.63, 3.8) is 0 Å². The van der Waals surface area contributed by atoms with Crippen LogP contribution in [0.1, 0.15) is 19.8 Å². The van der Waals surface area contributed by atoms with Gasteiger partial charge in [0.05, 0.1) is 6.07 Å². The Kier molecular flexibility index (Phi) is 6.92. The summed E-state index contributed by atoms with van der Waals surface area (Å²) < 4.78 is 0. The highest BCUT2D eigenvalue weighted by Crippen LogP contribution is 1.68. The molecule has 0 atom stereocenters. The molecule has 0 heterocycles. The van der Waals surface area contributed by atoms with Crippen molar-refractivity contribution in [2.24, 2.45) is 0 Å². The van der Waals surface area contributed by atoms with E-state index in [-0.39, 0.29) is 0 Å². The maximum absolute atomic E-state index is 8.11. The van der Waals surface area contributed by atoms with Crippen LogP contribution in [0.15, 0.2) is 0 Å². The first-order valence-electron chi connectivity index (χ1n) is 3.24. The first kappa shape index (κ1) is 8.41. The summed E-state index contributed by atoms with van der Waals surface area (Å²) in [6, 6.07) is 2.04. The molecular weight excluding hydrogens is 114 g/mol. The fraction of sp³-hybridized carbons (Fsp3) is 0.833. The second-order valence-corrected chi connectivity index (χ2v) is 1.76. The van der Waals surface area contributed by atoms with Crippen molar-refractivity contribution in [1.82, 2.24) is 10.9 Å². The van der Waals surface area contributed by atoms with E-state index in [2.05, 4.69) is 17.8 Å². The van der Waals surface area contributed by atoms with Gasteiger partial charge in [-0.3, -0.25) is 10.9 Å². The molecular formula is C6H13N3. The smallest absolute Gasteiger partial charge is 0.0635 e. The molecule has 0 aromatic carbocycles. The summed E-state index contributed by atoms with van der Waals surface area (Å²) in [6.45, 7) is 3.79. The Labute approximate surface area is 56.0 Å². The number of hydrogen-bond acceptors (Lipinski definition) is 3. The van der Waals surface area contributed by atoms with Crippen LogP contribution in [-0.2, 0) is 0 Å². The molecule has 2 N–H and O–H groups in total. The summed E-state index contributed by atoms with van der Waals surface area (Å²) in [4.78, 5) is 0. The van der Waals surface area contributed by atoms with E-state index in [1.165, 1.54) is 0 Å². The van der Waals surface area contributed by atoms with E-state index in [4.69, 9.17) is 5.26 Å². The highest BCUT2D eigenvalue weighted by Gasteiger charge is 1.81. The topological polar surface area (TPSA) is 47.8 Å². The van der Waals surface area contributed by atoms with E-state index >= 15 is 0 Å². The number of nitriles is 1. The van der Waals surface area contributed by atoms with Gasteiger partial charge in [0.15, 0.2) is 0 Å². The largest absolute Gasteiger partial charge is 0.258 e. The second kappa shape index (κ2) is 7.41. The van der Waals surface area contributed by atoms with Crippen molar-refractivity contribution >= 4 is 0 Å². The van der Waals surface area contributed by atoms with Crippen LogP contribution in [0.3, 0.4) is 0 Å². The third kappa shape index (κ3) is 7.41. The van der Waals surface area contributed by atoms with Crippen LogP contribution in [0, 0.1) is 11.3 Å². The van der Waals surface area contributed by atoms with E-state index in [0.29, 0.717) is 6.42 Å². The standard InChI is InChI=1S/C6H13N3/c1-2-5-8-9-6-3-4-7/h8-9H,2-3,5-6H2,1H3. The lowest BCUT2D eigenvalue weighted by Gasteiger charge is -2.00. The predicted octanol–water partition coefficient (Wildman–Crippen LogP) is 0.404. The van der Waals surface area contributed by atoms with Crippen molar-refractivity contribution in [3.05, 3.63) is 0 Å². The van der Waals surface area contributed by atoms with Crippen LogP contribution >= 0.6 is 0 Å². The lowest BCUT2D eigenvalue weighted by Crippen LogP contribution is -2.32. The normalized spacial score (nSPS) is 8.89. The van der Waals surface area contributed by atoms with Crippen LogP contribution in [0.25, 0.3) is 0 Å². The van der Waals surface area contributed by atoms with Crippen LogP contribution in [0.5, 0.6) is 0 Å². The van der Waals surface area contributed by atoms with Gasteiger partial charge < -0.3 is 0 Å². The average molecular weight is 127 g/mol. The van der Waals surface area contributed by atoms with Gasteiger partial charge in [-0.2, -0.15) is 5.26 Å². The molecule has 0 aromatic heterocycles. The molecule has 0 unspecified atom stereocenters. The molecule has 0 fully saturated rings. The zero-order valence-electron chi connectivity index (χ0n) is 5.78. The zero-order chi connectivity index (χ0) is 6.95. The molecule has 0 rings (SSSR count). The summed E-state index contributed by atoms with van der Waals surface area (Å²) in [5.74, 6) is 0. The number of nitrogens with zero attached hydrogens (tertiary/aromatic N) is 1. The molecule has 3 heteroatoms. The zero-order valence-corrected chi connectivity index (χ0v) is 5.78. The molecule has 0 aliphatic heterocycles. The molecule has 0 spiro atoms. The monoisotopic (exact) mass is 127 g/mol. The number of hydrazine groups is 1. The van der Waals surface area contributed by atoms with Gasteiger partial charge in [0, 0.05) is 19.5 Å². The fourth-order valence-electron chi connectivity index (χ4n) is 0.420. The number of hydrogen-bond donors (Lipinski definition) is 2. The first-order valence-corrected chi connectivity index (χ1v) is 3.24. The van der Waals surface area contributed by atoms with Gasteiger partial charge in [-0.1, -0.05) is 6.92 Å². The Hall–Kier alpha value is -0.590. The molecule has 0 saturated heterocycles. The lowest BCUT2D eigenvalue weighted by molar-refractivity contribution is 0.536. The molecule has 0 aliphatic rings. The van der Waals surface area contributed by atoms with Crippen molar-refractivity contribution < 1.29 is 0 Å². The summed E-state index contributed by atoms with van der Waals surface area (Å²) in [6.07, 6.45) is 1.68. The van der Waals surface area contributed by atoms with Crippen molar-refractivity contribution in [2.75, 3.05) is 13.1 Å². The van der Waals surface area contributed by atoms with Gasteiger partial charge in [-0.15, -0.1) is 0 Å². The SMILES string of the molecule is CCCNNCCC#N. The Morgan fingerprint density at radius 3 is 2.56 bits per heavy atom. The maximum atomic E-state index is 8.11. The van der Waals surface area contributed by atoms with Crippen molar-refractivity contribution in [3.8, 4) is 6.07 Å². The lowest BCUT2D eigenvalue weighted by atomic mass is 10.5. The first-order chi connectivity index (χ1) is 4.41. The predicted molar refractivity (Wildman–Crippen MR) is 36.5 cm³/mol. The van der Waals surface area contributed by atoms with E-state index in [9.17, 15) is 0 Å². The van der Waals surface area contributed by atoms with Crippen LogP contribution in [0.4, 0.5) is 0 Å². The molecule has 9 heavy (non-hydrogen) atoms. The van der Waals surface area contributed by atoms with E-state index < -0.39 is 0 Å². The minimum Gasteiger partial charge on any atom is -0.258 e.